The summed E-state index contributed by atoms with van der Waals surface area (Å²) in [5.41, 5.74) is 0.900. The second kappa shape index (κ2) is 12.4. The average molecular weight is 538 g/mol. The van der Waals surface area contributed by atoms with Crippen LogP contribution in [-0.4, -0.2) is 95.6 Å². The molecular weight excluding hydrogens is 506 g/mol. The van der Waals surface area contributed by atoms with Crippen molar-refractivity contribution in [2.24, 2.45) is 0 Å². The lowest BCUT2D eigenvalue weighted by atomic mass is 10.1. The van der Waals surface area contributed by atoms with Crippen LogP contribution in [0.15, 0.2) is 49.2 Å². The van der Waals surface area contributed by atoms with Crippen LogP contribution in [0.2, 0.25) is 0 Å². The van der Waals surface area contributed by atoms with E-state index in [1.165, 1.54) is 0 Å². The van der Waals surface area contributed by atoms with E-state index in [0.29, 0.717) is 69.3 Å². The molecule has 2 amide bonds. The largest absolute Gasteiger partial charge is 0.486 e. The van der Waals surface area contributed by atoms with Crippen LogP contribution in [0.3, 0.4) is 0 Å². The molecule has 1 aromatic carbocycles. The van der Waals surface area contributed by atoms with Crippen LogP contribution in [0.25, 0.3) is 5.95 Å². The van der Waals surface area contributed by atoms with Gasteiger partial charge in [0.05, 0.1) is 12.6 Å². The molecule has 2 aliphatic heterocycles. The summed E-state index contributed by atoms with van der Waals surface area (Å²) in [6, 6.07) is 7.08. The lowest BCUT2D eigenvalue weighted by Gasteiger charge is -2.41. The normalized spacial score (nSPS) is 16.6. The Morgan fingerprint density at radius 1 is 1.10 bits per heavy atom. The third-order valence-electron chi connectivity index (χ3n) is 6.43. The molecule has 13 nitrogen and oxygen atoms in total. The van der Waals surface area contributed by atoms with Gasteiger partial charge in [-0.25, -0.2) is 14.8 Å². The van der Waals surface area contributed by atoms with Gasteiger partial charge in [-0.1, -0.05) is 6.07 Å². The summed E-state index contributed by atoms with van der Waals surface area (Å²) in [4.78, 5) is 42.5. The number of imidazole rings is 1. The Morgan fingerprint density at radius 3 is 2.79 bits per heavy atom. The molecule has 1 saturated heterocycles. The van der Waals surface area contributed by atoms with Gasteiger partial charge in [0.2, 0.25) is 11.9 Å². The number of hydrogen-bond donors (Lipinski definition) is 1. The third kappa shape index (κ3) is 6.55. The fourth-order valence-electron chi connectivity index (χ4n) is 4.49. The van der Waals surface area contributed by atoms with Crippen molar-refractivity contribution in [1.82, 2.24) is 29.7 Å². The Kier molecular flexibility index (Phi) is 8.36. The number of fused-ring (bicyclic) bond motifs is 1. The number of anilines is 1. The van der Waals surface area contributed by atoms with E-state index in [4.69, 9.17) is 23.9 Å². The van der Waals surface area contributed by atoms with E-state index in [1.54, 1.807) is 47.6 Å². The zero-order valence-electron chi connectivity index (χ0n) is 21.7. The molecule has 1 fully saturated rings. The van der Waals surface area contributed by atoms with Crippen LogP contribution in [0.5, 0.6) is 11.5 Å². The number of ether oxygens (including phenoxy) is 4. The molecule has 0 saturated carbocycles. The highest BCUT2D eigenvalue weighted by Gasteiger charge is 2.33. The number of nitrogens with one attached hydrogen (secondary N) is 1. The van der Waals surface area contributed by atoms with Crippen molar-refractivity contribution in [2.75, 3.05) is 58.1 Å². The molecule has 2 aliphatic rings. The maximum absolute atomic E-state index is 13.1. The van der Waals surface area contributed by atoms with E-state index in [9.17, 15) is 9.59 Å². The van der Waals surface area contributed by atoms with E-state index in [-0.39, 0.29) is 25.0 Å². The van der Waals surface area contributed by atoms with Crippen LogP contribution < -0.4 is 19.7 Å². The summed E-state index contributed by atoms with van der Waals surface area (Å²) >= 11 is 0. The second-order valence-electron chi connectivity index (χ2n) is 9.04. The molecule has 1 unspecified atom stereocenters. The number of methoxy groups -OCH3 is 1. The summed E-state index contributed by atoms with van der Waals surface area (Å²) in [6.07, 6.45) is 6.42. The van der Waals surface area contributed by atoms with Crippen molar-refractivity contribution in [3.8, 4) is 17.4 Å². The van der Waals surface area contributed by atoms with E-state index < -0.39 is 6.09 Å². The molecule has 4 heterocycles. The average Bonchev–Trinajstić information content (AvgIpc) is 3.51. The molecule has 1 atom stereocenters. The van der Waals surface area contributed by atoms with Gasteiger partial charge in [-0.15, -0.1) is 0 Å². The molecule has 2 aromatic heterocycles. The molecule has 39 heavy (non-hydrogen) atoms. The van der Waals surface area contributed by atoms with Crippen molar-refractivity contribution in [3.63, 3.8) is 0 Å². The summed E-state index contributed by atoms with van der Waals surface area (Å²) < 4.78 is 23.2. The highest BCUT2D eigenvalue weighted by Crippen LogP contribution is 2.30. The zero-order chi connectivity index (χ0) is 27.0. The minimum absolute atomic E-state index is 0.150. The molecule has 0 aliphatic carbocycles. The highest BCUT2D eigenvalue weighted by atomic mass is 16.6. The van der Waals surface area contributed by atoms with Gasteiger partial charge < -0.3 is 34.1 Å². The Bertz CT molecular complexity index is 1270. The molecule has 0 spiro atoms. The Hall–Kier alpha value is -4.39. The first-order valence-electron chi connectivity index (χ1n) is 12.7. The summed E-state index contributed by atoms with van der Waals surface area (Å²) in [5, 5.41) is 2.99. The lowest BCUT2D eigenvalue weighted by molar-refractivity contribution is -0.121. The maximum atomic E-state index is 13.1. The van der Waals surface area contributed by atoms with Crippen LogP contribution in [0.1, 0.15) is 12.0 Å². The van der Waals surface area contributed by atoms with Gasteiger partial charge in [0.15, 0.2) is 11.5 Å². The number of amides is 2. The van der Waals surface area contributed by atoms with Crippen molar-refractivity contribution < 1.29 is 28.5 Å². The van der Waals surface area contributed by atoms with Gasteiger partial charge in [-0.05, 0) is 23.8 Å². The highest BCUT2D eigenvalue weighted by molar-refractivity contribution is 5.77. The number of aromatic nitrogens is 4. The number of rotatable bonds is 9. The van der Waals surface area contributed by atoms with Crippen LogP contribution in [-0.2, 0) is 20.8 Å². The SMILES string of the molecule is COCCOC(=O)N1CCN(c2ccnc(-n3ccnc3)n2)C(CC(=O)NCc2ccc3c(c2)OCCO3)C1. The quantitative estimate of drug-likeness (QED) is 0.400. The van der Waals surface area contributed by atoms with Crippen LogP contribution >= 0.6 is 0 Å². The Labute approximate surface area is 225 Å². The smallest absolute Gasteiger partial charge is 0.409 e. The number of piperazine rings is 1. The molecule has 206 valence electrons. The Balaban J connectivity index is 1.28. The molecule has 3 aromatic rings. The van der Waals surface area contributed by atoms with E-state index in [1.807, 2.05) is 23.1 Å². The molecule has 0 radical (unpaired) electrons. The van der Waals surface area contributed by atoms with Gasteiger partial charge >= 0.3 is 6.09 Å². The van der Waals surface area contributed by atoms with Gasteiger partial charge in [0.1, 0.15) is 32.0 Å². The number of hydrogen-bond acceptors (Lipinski definition) is 10. The van der Waals surface area contributed by atoms with Gasteiger partial charge in [0, 0.05) is 58.3 Å². The number of nitrogens with zero attached hydrogens (tertiary/aromatic N) is 6. The standard InChI is InChI=1S/C26H31N7O6/c1-36-10-11-39-26(35)31-8-9-33(23-4-5-28-25(30-23)32-7-6-27-18-32)20(17-31)15-24(34)29-16-19-2-3-21-22(14-19)38-13-12-37-21/h2-7,14,18,20H,8-13,15-17H2,1H3,(H,29,34). The molecule has 0 bridgehead atoms. The molecular formula is C26H31N7O6. The molecule has 1 N–H and O–H groups in total. The molecule has 13 heteroatoms. The minimum atomic E-state index is -0.435. The predicted octanol–water partition coefficient (Wildman–Crippen LogP) is 1.41. The van der Waals surface area contributed by atoms with Crippen LogP contribution in [0, 0.1) is 0 Å². The third-order valence-corrected chi connectivity index (χ3v) is 6.43. The summed E-state index contributed by atoms with van der Waals surface area (Å²) in [7, 11) is 1.55. The predicted molar refractivity (Wildman–Crippen MR) is 139 cm³/mol. The number of carbonyl (C=O) groups excluding carboxylic acids is 2. The topological polar surface area (TPSA) is 133 Å². The first-order chi connectivity index (χ1) is 19.1. The van der Waals surface area contributed by atoms with Gasteiger partial charge in [0.25, 0.3) is 0 Å². The summed E-state index contributed by atoms with van der Waals surface area (Å²) in [6.45, 7) is 3.03. The van der Waals surface area contributed by atoms with E-state index in [2.05, 4.69) is 15.3 Å². The van der Waals surface area contributed by atoms with E-state index in [0.717, 1.165) is 5.56 Å². The first kappa shape index (κ1) is 26.2. The maximum Gasteiger partial charge on any atom is 0.409 e. The number of carbonyl (C=O) groups is 2. The lowest BCUT2D eigenvalue weighted by Crippen LogP contribution is -2.56. The second-order valence-corrected chi connectivity index (χ2v) is 9.04. The van der Waals surface area contributed by atoms with Gasteiger partial charge in [-0.2, -0.15) is 4.98 Å². The van der Waals surface area contributed by atoms with Crippen molar-refractivity contribution >= 4 is 17.8 Å². The monoisotopic (exact) mass is 537 g/mol. The van der Waals surface area contributed by atoms with Crippen molar-refractivity contribution in [2.45, 2.75) is 19.0 Å². The van der Waals surface area contributed by atoms with Crippen molar-refractivity contribution in [1.29, 1.82) is 0 Å². The summed E-state index contributed by atoms with van der Waals surface area (Å²) in [5.74, 6) is 2.34. The van der Waals surface area contributed by atoms with E-state index >= 15 is 0 Å². The molecule has 5 rings (SSSR count). The van der Waals surface area contributed by atoms with Crippen molar-refractivity contribution in [3.05, 3.63) is 54.7 Å². The first-order valence-corrected chi connectivity index (χ1v) is 12.7. The minimum Gasteiger partial charge on any atom is -0.486 e. The number of benzene rings is 1. The van der Waals surface area contributed by atoms with Crippen LogP contribution in [0.4, 0.5) is 10.6 Å². The zero-order valence-corrected chi connectivity index (χ0v) is 21.7. The van der Waals surface area contributed by atoms with Gasteiger partial charge in [-0.3, -0.25) is 9.36 Å². The fourth-order valence-corrected chi connectivity index (χ4v) is 4.49. The fraction of sp³-hybridized carbons (Fsp3) is 0.423. The Morgan fingerprint density at radius 2 is 1.97 bits per heavy atom.